The molecule has 0 amide bonds. The zero-order valence-electron chi connectivity index (χ0n) is 10.5. The molecule has 2 aromatic rings. The van der Waals surface area contributed by atoms with Crippen LogP contribution in [0.5, 0.6) is 0 Å². The van der Waals surface area contributed by atoms with Crippen LogP contribution in [0.4, 0.5) is 0 Å². The fourth-order valence-electron chi connectivity index (χ4n) is 2.12. The van der Waals surface area contributed by atoms with Gasteiger partial charge in [0.2, 0.25) is 0 Å². The molecular weight excluding hydrogens is 333 g/mol. The third-order valence-corrected chi connectivity index (χ3v) is 3.99. The summed E-state index contributed by atoms with van der Waals surface area (Å²) >= 11 is 2.33. The number of hydrogen-bond donors (Lipinski definition) is 1. The quantitative estimate of drug-likeness (QED) is 0.822. The lowest BCUT2D eigenvalue weighted by atomic mass is 9.90. The number of hydrogen-bond acceptors (Lipinski definition) is 1. The summed E-state index contributed by atoms with van der Waals surface area (Å²) in [4.78, 5) is 0. The summed E-state index contributed by atoms with van der Waals surface area (Å²) in [5.74, 6) is 0.437. The molecule has 0 aromatic heterocycles. The largest absolute Gasteiger partial charge is 0.324 e. The molecule has 0 saturated carbocycles. The Bertz CT molecular complexity index is 478. The first-order valence-electron chi connectivity index (χ1n) is 6.22. The molecule has 18 heavy (non-hydrogen) atoms. The van der Waals surface area contributed by atoms with Crippen LogP contribution < -0.4 is 5.73 Å². The molecule has 2 N–H and O–H groups in total. The highest BCUT2D eigenvalue weighted by Gasteiger charge is 2.14. The molecule has 2 rings (SSSR count). The van der Waals surface area contributed by atoms with Gasteiger partial charge in [-0.1, -0.05) is 49.4 Å². The fourth-order valence-corrected chi connectivity index (χ4v) is 2.48. The zero-order chi connectivity index (χ0) is 13.0. The minimum absolute atomic E-state index is 0.102. The van der Waals surface area contributed by atoms with Crippen molar-refractivity contribution in [3.05, 3.63) is 69.3 Å². The van der Waals surface area contributed by atoms with Crippen LogP contribution in [0.2, 0.25) is 0 Å². The maximum absolute atomic E-state index is 6.31. The van der Waals surface area contributed by atoms with E-state index in [1.54, 1.807) is 0 Å². The van der Waals surface area contributed by atoms with Gasteiger partial charge in [0.25, 0.3) is 0 Å². The van der Waals surface area contributed by atoms with E-state index in [-0.39, 0.29) is 6.04 Å². The second kappa shape index (κ2) is 6.34. The van der Waals surface area contributed by atoms with Gasteiger partial charge in [-0.3, -0.25) is 0 Å². The number of rotatable bonds is 4. The smallest absolute Gasteiger partial charge is 0.0324 e. The van der Waals surface area contributed by atoms with E-state index in [0.29, 0.717) is 5.92 Å². The van der Waals surface area contributed by atoms with E-state index in [4.69, 9.17) is 5.73 Å². The molecule has 1 nitrogen and oxygen atoms in total. The summed E-state index contributed by atoms with van der Waals surface area (Å²) in [6, 6.07) is 19.1. The molecule has 0 heterocycles. The third-order valence-electron chi connectivity index (χ3n) is 3.27. The van der Waals surface area contributed by atoms with E-state index in [2.05, 4.69) is 65.9 Å². The Morgan fingerprint density at radius 2 is 1.61 bits per heavy atom. The first-order valence-corrected chi connectivity index (χ1v) is 7.29. The van der Waals surface area contributed by atoms with Crippen molar-refractivity contribution in [3.8, 4) is 0 Å². The average Bonchev–Trinajstić information content (AvgIpc) is 2.41. The Kier molecular flexibility index (Phi) is 4.78. The highest BCUT2D eigenvalue weighted by atomic mass is 127. The summed E-state index contributed by atoms with van der Waals surface area (Å²) in [7, 11) is 0. The summed E-state index contributed by atoms with van der Waals surface area (Å²) in [6.45, 7) is 2.22. The van der Waals surface area contributed by atoms with Crippen molar-refractivity contribution in [2.75, 3.05) is 0 Å². The van der Waals surface area contributed by atoms with Crippen molar-refractivity contribution < 1.29 is 0 Å². The van der Waals surface area contributed by atoms with E-state index >= 15 is 0 Å². The predicted molar refractivity (Wildman–Crippen MR) is 85.4 cm³/mol. The molecule has 2 heteroatoms. The topological polar surface area (TPSA) is 26.0 Å². The molecule has 0 aliphatic carbocycles. The summed E-state index contributed by atoms with van der Waals surface area (Å²) in [5, 5.41) is 0. The van der Waals surface area contributed by atoms with Crippen LogP contribution in [-0.2, 0) is 6.42 Å². The molecule has 2 aromatic carbocycles. The van der Waals surface area contributed by atoms with Crippen molar-refractivity contribution in [2.24, 2.45) is 11.7 Å². The molecule has 0 aliphatic heterocycles. The highest BCUT2D eigenvalue weighted by Crippen LogP contribution is 2.22. The molecule has 0 bridgehead atoms. The van der Waals surface area contributed by atoms with Gasteiger partial charge >= 0.3 is 0 Å². The first kappa shape index (κ1) is 13.6. The third kappa shape index (κ3) is 3.56. The van der Waals surface area contributed by atoms with Crippen LogP contribution in [0.25, 0.3) is 0 Å². The molecule has 94 valence electrons. The number of halogens is 1. The van der Waals surface area contributed by atoms with Gasteiger partial charge in [0.1, 0.15) is 0 Å². The van der Waals surface area contributed by atoms with E-state index in [1.807, 2.05) is 18.2 Å². The van der Waals surface area contributed by atoms with Gasteiger partial charge in [-0.05, 0) is 58.2 Å². The van der Waals surface area contributed by atoms with Gasteiger partial charge in [0.05, 0.1) is 0 Å². The maximum atomic E-state index is 6.31. The lowest BCUT2D eigenvalue weighted by molar-refractivity contribution is 0.468. The van der Waals surface area contributed by atoms with Gasteiger partial charge < -0.3 is 5.73 Å². The van der Waals surface area contributed by atoms with Crippen molar-refractivity contribution in [2.45, 2.75) is 19.4 Å². The van der Waals surface area contributed by atoms with E-state index in [1.165, 1.54) is 14.7 Å². The fraction of sp³-hybridized carbons (Fsp3) is 0.250. The standard InChI is InChI=1S/C16H18IN/c1-12(11-13-7-9-15(17)10-8-13)16(18)14-5-3-2-4-6-14/h2-10,12,16H,11,18H2,1H3. The van der Waals surface area contributed by atoms with Crippen LogP contribution >= 0.6 is 22.6 Å². The van der Waals surface area contributed by atoms with Crippen molar-refractivity contribution in [1.82, 2.24) is 0 Å². The minimum atomic E-state index is 0.102. The predicted octanol–water partition coefficient (Wildman–Crippen LogP) is 4.17. The van der Waals surface area contributed by atoms with Crippen molar-refractivity contribution in [3.63, 3.8) is 0 Å². The Labute approximate surface area is 123 Å². The van der Waals surface area contributed by atoms with E-state index < -0.39 is 0 Å². The van der Waals surface area contributed by atoms with Crippen molar-refractivity contribution >= 4 is 22.6 Å². The Balaban J connectivity index is 2.03. The van der Waals surface area contributed by atoms with E-state index in [9.17, 15) is 0 Å². The highest BCUT2D eigenvalue weighted by molar-refractivity contribution is 14.1. The molecule has 0 fully saturated rings. The number of nitrogens with two attached hydrogens (primary N) is 1. The summed E-state index contributed by atoms with van der Waals surface area (Å²) in [5.41, 5.74) is 8.89. The van der Waals surface area contributed by atoms with Gasteiger partial charge in [0.15, 0.2) is 0 Å². The summed E-state index contributed by atoms with van der Waals surface area (Å²) < 4.78 is 1.27. The second-order valence-electron chi connectivity index (χ2n) is 4.74. The average molecular weight is 351 g/mol. The van der Waals surface area contributed by atoms with Gasteiger partial charge in [-0.15, -0.1) is 0 Å². The Morgan fingerprint density at radius 1 is 1.00 bits per heavy atom. The van der Waals surface area contributed by atoms with Crippen molar-refractivity contribution in [1.29, 1.82) is 0 Å². The molecule has 0 saturated heterocycles. The first-order chi connectivity index (χ1) is 8.66. The molecule has 2 unspecified atom stereocenters. The van der Waals surface area contributed by atoms with Crippen LogP contribution in [0.15, 0.2) is 54.6 Å². The monoisotopic (exact) mass is 351 g/mol. The Hall–Kier alpha value is -0.870. The molecule has 2 atom stereocenters. The SMILES string of the molecule is CC(Cc1ccc(I)cc1)C(N)c1ccccc1. The van der Waals surface area contributed by atoms with Gasteiger partial charge in [-0.2, -0.15) is 0 Å². The molecule has 0 aliphatic rings. The lowest BCUT2D eigenvalue weighted by Crippen LogP contribution is -2.20. The molecular formula is C16H18IN. The molecule has 0 spiro atoms. The van der Waals surface area contributed by atoms with Crippen LogP contribution in [0.1, 0.15) is 24.1 Å². The second-order valence-corrected chi connectivity index (χ2v) is 5.99. The minimum Gasteiger partial charge on any atom is -0.324 e. The lowest BCUT2D eigenvalue weighted by Gasteiger charge is -2.20. The van der Waals surface area contributed by atoms with Crippen LogP contribution in [0, 0.1) is 9.49 Å². The summed E-state index contributed by atoms with van der Waals surface area (Å²) in [6.07, 6.45) is 1.02. The molecule has 0 radical (unpaired) electrons. The Morgan fingerprint density at radius 3 is 2.22 bits per heavy atom. The van der Waals surface area contributed by atoms with Crippen LogP contribution in [-0.4, -0.2) is 0 Å². The van der Waals surface area contributed by atoms with Gasteiger partial charge in [-0.25, -0.2) is 0 Å². The van der Waals surface area contributed by atoms with E-state index in [0.717, 1.165) is 6.42 Å². The number of benzene rings is 2. The zero-order valence-corrected chi connectivity index (χ0v) is 12.7. The normalized spacial score (nSPS) is 14.2. The maximum Gasteiger partial charge on any atom is 0.0324 e. The van der Waals surface area contributed by atoms with Crippen LogP contribution in [0.3, 0.4) is 0 Å². The van der Waals surface area contributed by atoms with Gasteiger partial charge in [0, 0.05) is 9.61 Å².